The Balaban J connectivity index is 1.82. The maximum atomic E-state index is 14.6. The normalized spacial score (nSPS) is 19.8. The largest absolute Gasteiger partial charge is 0.755 e. The molecule has 1 amide bonds. The van der Waals surface area contributed by atoms with Gasteiger partial charge in [0.05, 0.1) is 11.6 Å². The Hall–Kier alpha value is -2.73. The van der Waals surface area contributed by atoms with Gasteiger partial charge in [-0.05, 0) is 68.2 Å². The lowest BCUT2D eigenvalue weighted by Gasteiger charge is -2.28. The van der Waals surface area contributed by atoms with Crippen LogP contribution in [-0.4, -0.2) is 32.8 Å². The van der Waals surface area contributed by atoms with E-state index in [9.17, 15) is 31.1 Å². The molecule has 37 heavy (non-hydrogen) atoms. The fourth-order valence-corrected chi connectivity index (χ4v) is 4.89. The summed E-state index contributed by atoms with van der Waals surface area (Å²) in [5, 5.41) is 0. The van der Waals surface area contributed by atoms with Gasteiger partial charge in [0, 0.05) is 23.9 Å². The van der Waals surface area contributed by atoms with Gasteiger partial charge in [-0.2, -0.15) is 13.2 Å². The molecule has 2 atom stereocenters. The Morgan fingerprint density at radius 1 is 1.24 bits per heavy atom. The first-order valence-corrected chi connectivity index (χ1v) is 13.1. The van der Waals surface area contributed by atoms with Gasteiger partial charge in [-0.1, -0.05) is 25.5 Å². The van der Waals surface area contributed by atoms with Crippen molar-refractivity contribution in [3.05, 3.63) is 53.0 Å². The van der Waals surface area contributed by atoms with Gasteiger partial charge in [-0.15, -0.1) is 0 Å². The summed E-state index contributed by atoms with van der Waals surface area (Å²) in [6.07, 6.45) is -0.411. The molecule has 3 rings (SSSR count). The molecule has 204 valence electrons. The first-order chi connectivity index (χ1) is 17.4. The predicted octanol–water partition coefficient (Wildman–Crippen LogP) is 5.02. The van der Waals surface area contributed by atoms with Crippen molar-refractivity contribution < 1.29 is 35.9 Å². The zero-order chi connectivity index (χ0) is 27.3. The fourth-order valence-electron chi connectivity index (χ4n) is 4.58. The van der Waals surface area contributed by atoms with Gasteiger partial charge in [0.2, 0.25) is 11.8 Å². The van der Waals surface area contributed by atoms with E-state index < -0.39 is 40.8 Å². The number of rotatable bonds is 10. The van der Waals surface area contributed by atoms with Gasteiger partial charge >= 0.3 is 6.18 Å². The van der Waals surface area contributed by atoms with Crippen LogP contribution in [0.15, 0.2) is 30.3 Å². The van der Waals surface area contributed by atoms with Gasteiger partial charge in [0.25, 0.3) is 0 Å². The zero-order valence-corrected chi connectivity index (χ0v) is 21.4. The monoisotopic (exact) mass is 544 g/mol. The zero-order valence-electron chi connectivity index (χ0n) is 20.6. The average Bonchev–Trinajstić information content (AvgIpc) is 2.84. The molecule has 1 aliphatic rings. The topological polar surface area (TPSA) is 109 Å². The van der Waals surface area contributed by atoms with E-state index in [2.05, 4.69) is 11.9 Å². The van der Waals surface area contributed by atoms with E-state index in [1.807, 2.05) is 0 Å². The first-order valence-electron chi connectivity index (χ1n) is 12.1. The Morgan fingerprint density at radius 3 is 2.46 bits per heavy atom. The van der Waals surface area contributed by atoms with E-state index in [0.717, 1.165) is 31.4 Å². The molecule has 7 nitrogen and oxygen atoms in total. The Bertz CT molecular complexity index is 1120. The Morgan fingerprint density at radius 2 is 1.92 bits per heavy atom. The second-order valence-corrected chi connectivity index (χ2v) is 10.2. The van der Waals surface area contributed by atoms with Crippen LogP contribution in [-0.2, 0) is 28.7 Å². The van der Waals surface area contributed by atoms with Crippen molar-refractivity contribution >= 4 is 22.9 Å². The highest BCUT2D eigenvalue weighted by Crippen LogP contribution is 2.35. The Kier molecular flexibility index (Phi) is 9.51. The number of aromatic nitrogens is 1. The number of ether oxygens (including phenoxy) is 1. The summed E-state index contributed by atoms with van der Waals surface area (Å²) < 4.78 is 83.5. The number of nitrogens with two attached hydrogens (primary N) is 1. The van der Waals surface area contributed by atoms with Gasteiger partial charge in [-0.25, -0.2) is 9.37 Å². The molecule has 12 heteroatoms. The molecule has 1 aromatic carbocycles. The second-order valence-electron chi connectivity index (χ2n) is 9.25. The van der Waals surface area contributed by atoms with E-state index in [4.69, 9.17) is 10.5 Å². The number of carbonyl (C=O) groups is 1. The summed E-state index contributed by atoms with van der Waals surface area (Å²) in [5.41, 5.74) is 4.88. The fraction of sp³-hybridized carbons (Fsp3) is 0.520. The minimum absolute atomic E-state index is 0.0590. The summed E-state index contributed by atoms with van der Waals surface area (Å²) in [7, 11) is 1.17. The lowest BCUT2D eigenvalue weighted by molar-refractivity contribution is -0.141. The van der Waals surface area contributed by atoms with Crippen molar-refractivity contribution in [2.45, 2.75) is 70.1 Å². The molecule has 0 saturated heterocycles. The van der Waals surface area contributed by atoms with Crippen LogP contribution >= 0.6 is 0 Å². The smallest absolute Gasteiger partial charge is 0.433 e. The van der Waals surface area contributed by atoms with Crippen molar-refractivity contribution in [2.75, 3.05) is 11.4 Å². The van der Waals surface area contributed by atoms with Crippen LogP contribution in [0.3, 0.4) is 0 Å². The maximum absolute atomic E-state index is 14.6. The quantitative estimate of drug-likeness (QED) is 0.334. The number of hydrogen-bond acceptors (Lipinski definition) is 5. The molecule has 1 aliphatic carbocycles. The lowest BCUT2D eigenvalue weighted by atomic mass is 9.86. The number of amides is 1. The molecule has 0 spiro atoms. The maximum Gasteiger partial charge on any atom is 0.433 e. The molecule has 0 aliphatic heterocycles. The summed E-state index contributed by atoms with van der Waals surface area (Å²) in [6.45, 7) is 2.11. The number of halogens is 4. The third kappa shape index (κ3) is 7.41. The number of nitrogens with zero attached hydrogens (tertiary/aromatic N) is 2. The molecule has 0 radical (unpaired) electrons. The molecule has 0 bridgehead atoms. The highest BCUT2D eigenvalue weighted by Gasteiger charge is 2.34. The average molecular weight is 545 g/mol. The van der Waals surface area contributed by atoms with E-state index in [-0.39, 0.29) is 36.1 Å². The van der Waals surface area contributed by atoms with Crippen molar-refractivity contribution in [2.24, 2.45) is 11.7 Å². The Labute approximate surface area is 215 Å². The van der Waals surface area contributed by atoms with E-state index in [1.165, 1.54) is 25.2 Å². The number of primary amides is 1. The lowest BCUT2D eigenvalue weighted by Crippen LogP contribution is -2.26. The number of carbonyl (C=O) groups excluding carboxylic acids is 1. The first kappa shape index (κ1) is 28.8. The standard InChI is InChI=1S/C25H31F4N3O4S/c1-3-15-4-9-18(10-5-15)36-24-16(8-13-22(31-24)25(27,28)29)6-11-19(23(30)33)17-7-12-21(20(26)14-17)32(2)37(34)35/h7-8,12-15,18-19H,3-6,9-11H2,1-2H3,(H2,30,33)(H,34,35)/p-1. The van der Waals surface area contributed by atoms with E-state index >= 15 is 0 Å². The van der Waals surface area contributed by atoms with Crippen LogP contribution in [0.1, 0.15) is 68.2 Å². The summed E-state index contributed by atoms with van der Waals surface area (Å²) in [6, 6.07) is 5.79. The SMILES string of the molecule is CCC1CCC(Oc2nc(C(F)(F)F)ccc2CCC(C(N)=O)c2ccc(N(C)S(=O)[O-])c(F)c2)CC1. The highest BCUT2D eigenvalue weighted by atomic mass is 32.2. The van der Waals surface area contributed by atoms with Crippen LogP contribution in [0.2, 0.25) is 0 Å². The second kappa shape index (κ2) is 12.2. The summed E-state index contributed by atoms with van der Waals surface area (Å²) in [4.78, 5) is 15.9. The molecular weight excluding hydrogens is 514 g/mol. The van der Waals surface area contributed by atoms with Gasteiger partial charge < -0.3 is 19.3 Å². The van der Waals surface area contributed by atoms with E-state index in [1.54, 1.807) is 0 Å². The van der Waals surface area contributed by atoms with Crippen LogP contribution in [0.25, 0.3) is 0 Å². The van der Waals surface area contributed by atoms with Gasteiger partial charge in [-0.3, -0.25) is 9.00 Å². The molecule has 1 fully saturated rings. The molecule has 1 saturated carbocycles. The number of alkyl halides is 3. The third-order valence-electron chi connectivity index (χ3n) is 6.86. The molecule has 2 aromatic rings. The van der Waals surface area contributed by atoms with Gasteiger partial charge in [0.15, 0.2) is 0 Å². The van der Waals surface area contributed by atoms with Gasteiger partial charge in [0.1, 0.15) is 17.6 Å². The third-order valence-corrected chi connectivity index (χ3v) is 7.51. The molecule has 2 N–H and O–H groups in total. The van der Waals surface area contributed by atoms with Crippen LogP contribution in [0, 0.1) is 11.7 Å². The minimum Gasteiger partial charge on any atom is -0.755 e. The number of anilines is 1. The molecular formula is C25H30F4N3O4S-. The number of pyridine rings is 1. The minimum atomic E-state index is -4.65. The van der Waals surface area contributed by atoms with Crippen LogP contribution < -0.4 is 14.8 Å². The number of benzene rings is 1. The number of aryl methyl sites for hydroxylation is 1. The summed E-state index contributed by atoms with van der Waals surface area (Å²) >= 11 is -2.69. The van der Waals surface area contributed by atoms with Crippen molar-refractivity contribution in [3.8, 4) is 5.88 Å². The molecule has 1 heterocycles. The van der Waals surface area contributed by atoms with Crippen molar-refractivity contribution in [1.82, 2.24) is 4.98 Å². The predicted molar refractivity (Wildman–Crippen MR) is 130 cm³/mol. The summed E-state index contributed by atoms with van der Waals surface area (Å²) in [5.74, 6) is -2.14. The van der Waals surface area contributed by atoms with Crippen molar-refractivity contribution in [1.29, 1.82) is 0 Å². The molecule has 1 aromatic heterocycles. The molecule has 2 unspecified atom stereocenters. The van der Waals surface area contributed by atoms with Crippen LogP contribution in [0.5, 0.6) is 5.88 Å². The number of hydrogen-bond donors (Lipinski definition) is 1. The van der Waals surface area contributed by atoms with E-state index in [0.29, 0.717) is 28.6 Å². The van der Waals surface area contributed by atoms with Crippen molar-refractivity contribution in [3.63, 3.8) is 0 Å². The van der Waals surface area contributed by atoms with Crippen LogP contribution in [0.4, 0.5) is 23.2 Å². The highest BCUT2D eigenvalue weighted by molar-refractivity contribution is 7.80.